The predicted octanol–water partition coefficient (Wildman–Crippen LogP) is 7.71. The minimum atomic E-state index is -1.34. The van der Waals surface area contributed by atoms with Crippen LogP contribution in [0.2, 0.25) is 0 Å². The Morgan fingerprint density at radius 2 is 1.64 bits per heavy atom. The zero-order valence-electron chi connectivity index (χ0n) is 21.1. The highest BCUT2D eigenvalue weighted by Gasteiger charge is 2.47. The second-order valence-corrected chi connectivity index (χ2v) is 13.5. The highest BCUT2D eigenvalue weighted by Crippen LogP contribution is 2.54. The van der Waals surface area contributed by atoms with Crippen LogP contribution in [0.25, 0.3) is 5.57 Å². The third-order valence-corrected chi connectivity index (χ3v) is 11.5. The van der Waals surface area contributed by atoms with E-state index in [4.69, 9.17) is 0 Å². The van der Waals surface area contributed by atoms with Gasteiger partial charge in [0.15, 0.2) is 5.60 Å². The smallest absolute Gasteiger partial charge is 0.156 e. The van der Waals surface area contributed by atoms with Crippen LogP contribution in [0.15, 0.2) is 124 Å². The van der Waals surface area contributed by atoms with Gasteiger partial charge in [0.2, 0.25) is 0 Å². The molecule has 0 radical (unpaired) electrons. The third-order valence-electron chi connectivity index (χ3n) is 7.91. The van der Waals surface area contributed by atoms with E-state index in [1.807, 2.05) is 78.5 Å². The zero-order chi connectivity index (χ0) is 26.6. The van der Waals surface area contributed by atoms with Gasteiger partial charge in [0.1, 0.15) is 5.60 Å². The first kappa shape index (κ1) is 25.0. The topological polar surface area (TPSA) is 40.5 Å². The molecule has 0 bridgehead atoms. The van der Waals surface area contributed by atoms with Crippen LogP contribution in [0.1, 0.15) is 33.7 Å². The summed E-state index contributed by atoms with van der Waals surface area (Å²) in [6.07, 6.45) is 14.4. The average molecular weight is 563 g/mol. The molecule has 2 aliphatic carbocycles. The molecule has 7 rings (SSSR count). The van der Waals surface area contributed by atoms with Gasteiger partial charge < -0.3 is 10.2 Å². The fraction of sp³-hybridized carbons (Fsp3) is 0.176. The van der Waals surface area contributed by atoms with Gasteiger partial charge in [-0.2, -0.15) is 0 Å². The molecule has 3 atom stereocenters. The summed E-state index contributed by atoms with van der Waals surface area (Å²) in [5.74, 6) is 6.54. The van der Waals surface area contributed by atoms with Crippen LogP contribution in [0.5, 0.6) is 0 Å². The van der Waals surface area contributed by atoms with Crippen LogP contribution in [0.3, 0.4) is 0 Å². The molecule has 0 saturated heterocycles. The molecule has 1 aromatic heterocycles. The number of thiophene rings is 1. The van der Waals surface area contributed by atoms with Gasteiger partial charge in [0, 0.05) is 47.4 Å². The lowest BCUT2D eigenvalue weighted by Crippen LogP contribution is -2.46. The van der Waals surface area contributed by atoms with Crippen molar-refractivity contribution >= 4 is 40.4 Å². The maximum atomic E-state index is 12.3. The lowest BCUT2D eigenvalue weighted by atomic mass is 9.74. The van der Waals surface area contributed by atoms with Crippen molar-refractivity contribution in [2.45, 2.75) is 39.1 Å². The first-order valence-electron chi connectivity index (χ1n) is 13.0. The molecule has 39 heavy (non-hydrogen) atoms. The van der Waals surface area contributed by atoms with Crippen LogP contribution in [0, 0.1) is 17.8 Å². The Morgan fingerprint density at radius 3 is 2.41 bits per heavy atom. The molecule has 3 heterocycles. The molecule has 0 amide bonds. The molecule has 0 fully saturated rings. The maximum Gasteiger partial charge on any atom is 0.156 e. The van der Waals surface area contributed by atoms with Gasteiger partial charge >= 0.3 is 0 Å². The van der Waals surface area contributed by atoms with E-state index in [0.717, 1.165) is 54.0 Å². The molecule has 2 nitrogen and oxygen atoms in total. The molecule has 2 aliphatic heterocycles. The highest BCUT2D eigenvalue weighted by atomic mass is 32.2. The minimum absolute atomic E-state index is 0.0897. The number of benzene rings is 2. The molecule has 3 aromatic rings. The van der Waals surface area contributed by atoms with Gasteiger partial charge in [-0.05, 0) is 42.7 Å². The van der Waals surface area contributed by atoms with Crippen molar-refractivity contribution in [3.63, 3.8) is 0 Å². The molecular weight excluding hydrogens is 537 g/mol. The van der Waals surface area contributed by atoms with E-state index >= 15 is 0 Å². The van der Waals surface area contributed by atoms with Crippen LogP contribution >= 0.6 is 34.9 Å². The Hall–Kier alpha value is -2.98. The summed E-state index contributed by atoms with van der Waals surface area (Å²) in [7, 11) is 0. The second-order valence-electron chi connectivity index (χ2n) is 10.1. The van der Waals surface area contributed by atoms with Crippen LogP contribution in [-0.4, -0.2) is 21.1 Å². The Kier molecular flexibility index (Phi) is 6.15. The van der Waals surface area contributed by atoms with Crippen molar-refractivity contribution in [2.24, 2.45) is 5.92 Å². The predicted molar refractivity (Wildman–Crippen MR) is 164 cm³/mol. The third kappa shape index (κ3) is 3.97. The second kappa shape index (κ2) is 9.59. The quantitative estimate of drug-likeness (QED) is 0.314. The summed E-state index contributed by atoms with van der Waals surface area (Å²) in [4.78, 5) is 4.93. The van der Waals surface area contributed by atoms with E-state index < -0.39 is 11.2 Å². The standard InChI is InChI=1S/C34H26O2S3/c1-22(34(36)26-12-4-8-16-31(26)39-32-17-9-5-13-27(32)34)28-19-18-23(37-28)20-21-33(35)24-10-2-6-14-29(24)38-30-15-7-3-11-25(30)33/h2,4-10,12-19,24,29,35-36H,1,3,11H2. The number of aliphatic hydroxyl groups is 2. The summed E-state index contributed by atoms with van der Waals surface area (Å²) in [5.41, 5.74) is 0.814. The van der Waals surface area contributed by atoms with Crippen molar-refractivity contribution in [3.8, 4) is 11.8 Å². The van der Waals surface area contributed by atoms with Crippen LogP contribution in [-0.2, 0) is 5.60 Å². The number of allylic oxidation sites excluding steroid dienone is 4. The lowest BCUT2D eigenvalue weighted by molar-refractivity contribution is 0.0913. The van der Waals surface area contributed by atoms with Gasteiger partial charge in [-0.25, -0.2) is 0 Å². The highest BCUT2D eigenvalue weighted by molar-refractivity contribution is 8.04. The van der Waals surface area contributed by atoms with Crippen molar-refractivity contribution in [1.82, 2.24) is 0 Å². The first-order valence-corrected chi connectivity index (χ1v) is 15.6. The van der Waals surface area contributed by atoms with Crippen molar-refractivity contribution in [3.05, 3.63) is 135 Å². The molecule has 2 N–H and O–H groups in total. The largest absolute Gasteiger partial charge is 0.376 e. The summed E-state index contributed by atoms with van der Waals surface area (Å²) in [6, 6.07) is 20.0. The van der Waals surface area contributed by atoms with Gasteiger partial charge in [-0.15, -0.1) is 23.1 Å². The molecule has 4 aliphatic rings. The van der Waals surface area contributed by atoms with Crippen LogP contribution < -0.4 is 0 Å². The summed E-state index contributed by atoms with van der Waals surface area (Å²) in [5, 5.41) is 24.6. The van der Waals surface area contributed by atoms with E-state index in [-0.39, 0.29) is 11.2 Å². The van der Waals surface area contributed by atoms with E-state index in [0.29, 0.717) is 5.57 Å². The number of hydrogen-bond acceptors (Lipinski definition) is 5. The van der Waals surface area contributed by atoms with Gasteiger partial charge in [0.05, 0.1) is 4.88 Å². The molecule has 0 spiro atoms. The monoisotopic (exact) mass is 562 g/mol. The average Bonchev–Trinajstić information content (AvgIpc) is 3.45. The number of thioether (sulfide) groups is 1. The zero-order valence-corrected chi connectivity index (χ0v) is 23.6. The molecule has 3 unspecified atom stereocenters. The number of hydrogen-bond donors (Lipinski definition) is 2. The maximum absolute atomic E-state index is 12.3. The fourth-order valence-corrected chi connectivity index (χ4v) is 9.45. The number of fused-ring (bicyclic) bond motifs is 3. The van der Waals surface area contributed by atoms with E-state index in [2.05, 4.69) is 48.8 Å². The Morgan fingerprint density at radius 1 is 0.923 bits per heavy atom. The minimum Gasteiger partial charge on any atom is -0.376 e. The van der Waals surface area contributed by atoms with Crippen molar-refractivity contribution in [1.29, 1.82) is 0 Å². The fourth-order valence-electron chi connectivity index (χ4n) is 5.91. The van der Waals surface area contributed by atoms with Crippen molar-refractivity contribution in [2.75, 3.05) is 0 Å². The molecular formula is C34H26O2S3. The molecule has 192 valence electrons. The van der Waals surface area contributed by atoms with E-state index in [1.54, 1.807) is 11.8 Å². The number of rotatable bonds is 2. The van der Waals surface area contributed by atoms with Gasteiger partial charge in [0.25, 0.3) is 0 Å². The Bertz CT molecular complexity index is 1650. The summed E-state index contributed by atoms with van der Waals surface area (Å²) in [6.45, 7) is 4.42. The molecule has 2 aromatic carbocycles. The molecule has 5 heteroatoms. The van der Waals surface area contributed by atoms with E-state index in [9.17, 15) is 10.2 Å². The SMILES string of the molecule is C=C(c1ccc(C#CC2(O)C3=C(C=CCC3)SC3C=CC=CC32)s1)C1(O)c2ccccc2Sc2ccccc21. The Balaban J connectivity index is 1.26. The first-order chi connectivity index (χ1) is 19.0. The molecule has 0 saturated carbocycles. The lowest BCUT2D eigenvalue weighted by Gasteiger charge is -2.43. The van der Waals surface area contributed by atoms with Crippen LogP contribution in [0.4, 0.5) is 0 Å². The van der Waals surface area contributed by atoms with Gasteiger partial charge in [-0.3, -0.25) is 0 Å². The van der Waals surface area contributed by atoms with Crippen molar-refractivity contribution < 1.29 is 10.2 Å². The Labute approximate surface area is 241 Å². The summed E-state index contributed by atoms with van der Waals surface area (Å²) >= 11 is 5.01. The normalized spacial score (nSPS) is 25.6. The van der Waals surface area contributed by atoms with Gasteiger partial charge in [-0.1, -0.05) is 103 Å². The summed E-state index contributed by atoms with van der Waals surface area (Å²) < 4.78 is 0. The van der Waals surface area contributed by atoms with E-state index in [1.165, 1.54) is 11.3 Å².